The van der Waals surface area contributed by atoms with Crippen LogP contribution in [0.15, 0.2) is 0 Å². The van der Waals surface area contributed by atoms with Gasteiger partial charge in [-0.25, -0.2) is 0 Å². The van der Waals surface area contributed by atoms with E-state index in [0.29, 0.717) is 0 Å². The molecule has 0 aromatic carbocycles. The molecule has 0 aliphatic heterocycles. The summed E-state index contributed by atoms with van der Waals surface area (Å²) in [6, 6.07) is 0. The van der Waals surface area contributed by atoms with Gasteiger partial charge >= 0.3 is 0 Å². The Kier molecular flexibility index (Phi) is 5.36. The average Bonchev–Trinajstić information content (AvgIpc) is 2.13. The van der Waals surface area contributed by atoms with Crippen LogP contribution in [0, 0.1) is 0 Å². The van der Waals surface area contributed by atoms with Crippen molar-refractivity contribution in [3.05, 3.63) is 0 Å². The molecule has 0 fully saturated rings. The van der Waals surface area contributed by atoms with E-state index in [1.807, 2.05) is 0 Å². The van der Waals surface area contributed by atoms with Crippen LogP contribution in [-0.4, -0.2) is 58.4 Å². The van der Waals surface area contributed by atoms with Crippen LogP contribution < -0.4 is 5.32 Å². The number of aliphatic hydroxyl groups is 4. The van der Waals surface area contributed by atoms with E-state index in [0.717, 1.165) is 0 Å². The highest BCUT2D eigenvalue weighted by atomic mass is 16.3. The summed E-state index contributed by atoms with van der Waals surface area (Å²) in [5.41, 5.74) is -0.795. The highest BCUT2D eigenvalue weighted by Crippen LogP contribution is 1.99. The van der Waals surface area contributed by atoms with Crippen LogP contribution in [0.5, 0.6) is 0 Å². The van der Waals surface area contributed by atoms with Crippen LogP contribution >= 0.6 is 0 Å². The summed E-state index contributed by atoms with van der Waals surface area (Å²) in [5, 5.41) is 37.7. The smallest absolute Gasteiger partial charge is 0.0895 e. The van der Waals surface area contributed by atoms with Crippen molar-refractivity contribution in [1.29, 1.82) is 0 Å². The summed E-state index contributed by atoms with van der Waals surface area (Å²) in [6.45, 7) is 0.994. The van der Waals surface area contributed by atoms with Gasteiger partial charge in [0, 0.05) is 6.54 Å². The molecule has 0 radical (unpaired) electrons. The lowest BCUT2D eigenvalue weighted by molar-refractivity contribution is 0.0609. The molecule has 1 unspecified atom stereocenters. The quantitative estimate of drug-likeness (QED) is 0.315. The summed E-state index contributed by atoms with van der Waals surface area (Å²) in [4.78, 5) is 0. The van der Waals surface area contributed by atoms with Crippen molar-refractivity contribution in [3.63, 3.8) is 0 Å². The second-order valence-electron chi connectivity index (χ2n) is 3.09. The maximum atomic E-state index is 8.94. The highest BCUT2D eigenvalue weighted by Gasteiger charge is 2.21. The molecule has 12 heavy (non-hydrogen) atoms. The Morgan fingerprint density at radius 1 is 1.25 bits per heavy atom. The fourth-order valence-electron chi connectivity index (χ4n) is 0.591. The molecule has 0 saturated heterocycles. The molecule has 5 N–H and O–H groups in total. The van der Waals surface area contributed by atoms with E-state index >= 15 is 0 Å². The Hall–Kier alpha value is -0.200. The minimum atomic E-state index is -0.859. The van der Waals surface area contributed by atoms with Crippen molar-refractivity contribution in [1.82, 2.24) is 5.32 Å². The zero-order valence-corrected chi connectivity index (χ0v) is 7.19. The predicted molar refractivity (Wildman–Crippen MR) is 43.7 cm³/mol. The zero-order valence-electron chi connectivity index (χ0n) is 7.19. The van der Waals surface area contributed by atoms with Gasteiger partial charge < -0.3 is 25.7 Å². The molecule has 0 amide bonds. The average molecular weight is 179 g/mol. The third-order valence-corrected chi connectivity index (χ3v) is 1.67. The van der Waals surface area contributed by atoms with Gasteiger partial charge in [-0.1, -0.05) is 0 Å². The molecule has 0 aliphatic rings. The van der Waals surface area contributed by atoms with Crippen molar-refractivity contribution >= 4 is 0 Å². The Morgan fingerprint density at radius 3 is 2.08 bits per heavy atom. The third kappa shape index (κ3) is 3.99. The van der Waals surface area contributed by atoms with Gasteiger partial charge in [-0.05, 0) is 6.92 Å². The van der Waals surface area contributed by atoms with Gasteiger partial charge in [-0.15, -0.1) is 0 Å². The van der Waals surface area contributed by atoms with Crippen molar-refractivity contribution < 1.29 is 20.4 Å². The number of nitrogens with one attached hydrogen (secondary N) is 1. The SMILES string of the molecule is CC(CO)(CO)NCC(O)CO. The van der Waals surface area contributed by atoms with Crippen LogP contribution in [0.1, 0.15) is 6.92 Å². The molecular formula is C7H17NO4. The third-order valence-electron chi connectivity index (χ3n) is 1.67. The first kappa shape index (κ1) is 11.8. The molecular weight excluding hydrogens is 162 g/mol. The summed E-state index contributed by atoms with van der Waals surface area (Å²) >= 11 is 0. The van der Waals surface area contributed by atoms with Gasteiger partial charge in [0.25, 0.3) is 0 Å². The first-order chi connectivity index (χ1) is 5.58. The zero-order chi connectivity index (χ0) is 9.61. The van der Waals surface area contributed by atoms with Crippen molar-refractivity contribution in [3.8, 4) is 0 Å². The minimum Gasteiger partial charge on any atom is -0.394 e. The summed E-state index contributed by atoms with van der Waals surface area (Å²) in [5.74, 6) is 0. The first-order valence-corrected chi connectivity index (χ1v) is 3.83. The Morgan fingerprint density at radius 2 is 1.75 bits per heavy atom. The van der Waals surface area contributed by atoms with E-state index in [1.54, 1.807) is 6.92 Å². The Bertz CT molecular complexity index is 116. The van der Waals surface area contributed by atoms with E-state index < -0.39 is 11.6 Å². The summed E-state index contributed by atoms with van der Waals surface area (Å²) in [7, 11) is 0. The van der Waals surface area contributed by atoms with Crippen LogP contribution in [-0.2, 0) is 0 Å². The molecule has 5 nitrogen and oxygen atoms in total. The number of β-amino-alcohol motifs (C(OH)–C–C–N with tert-alkyl or cyclic N) is 1. The number of hydrogen-bond acceptors (Lipinski definition) is 5. The molecule has 74 valence electrons. The van der Waals surface area contributed by atoms with Crippen LogP contribution in [0.3, 0.4) is 0 Å². The van der Waals surface area contributed by atoms with Crippen molar-refractivity contribution in [2.75, 3.05) is 26.4 Å². The van der Waals surface area contributed by atoms with Gasteiger partial charge in [0.2, 0.25) is 0 Å². The van der Waals surface area contributed by atoms with Crippen molar-refractivity contribution in [2.24, 2.45) is 0 Å². The maximum absolute atomic E-state index is 8.94. The molecule has 0 aromatic heterocycles. The molecule has 0 heterocycles. The van der Waals surface area contributed by atoms with E-state index in [2.05, 4.69) is 5.32 Å². The van der Waals surface area contributed by atoms with E-state index in [1.165, 1.54) is 0 Å². The van der Waals surface area contributed by atoms with Crippen LogP contribution in [0.4, 0.5) is 0 Å². The fraction of sp³-hybridized carbons (Fsp3) is 1.00. The number of rotatable bonds is 6. The molecule has 1 atom stereocenters. The largest absolute Gasteiger partial charge is 0.394 e. The first-order valence-electron chi connectivity index (χ1n) is 3.83. The Labute approximate surface area is 71.7 Å². The van der Waals surface area contributed by atoms with Gasteiger partial charge in [-0.3, -0.25) is 0 Å². The molecule has 0 rings (SSSR count). The molecule has 0 spiro atoms. The lowest BCUT2D eigenvalue weighted by Gasteiger charge is -2.27. The van der Waals surface area contributed by atoms with E-state index in [-0.39, 0.29) is 26.4 Å². The van der Waals surface area contributed by atoms with Crippen LogP contribution in [0.2, 0.25) is 0 Å². The lowest BCUT2D eigenvalue weighted by atomic mass is 10.1. The van der Waals surface area contributed by atoms with Crippen molar-refractivity contribution in [2.45, 2.75) is 18.6 Å². The van der Waals surface area contributed by atoms with Gasteiger partial charge in [-0.2, -0.15) is 0 Å². The molecule has 5 heteroatoms. The normalized spacial score (nSPS) is 14.8. The van der Waals surface area contributed by atoms with Gasteiger partial charge in [0.15, 0.2) is 0 Å². The monoisotopic (exact) mass is 179 g/mol. The second kappa shape index (κ2) is 5.45. The molecule has 0 bridgehead atoms. The number of aliphatic hydroxyl groups excluding tert-OH is 4. The van der Waals surface area contributed by atoms with Crippen LogP contribution in [0.25, 0.3) is 0 Å². The Balaban J connectivity index is 3.72. The van der Waals surface area contributed by atoms with Gasteiger partial charge in [0.1, 0.15) is 0 Å². The number of hydrogen-bond donors (Lipinski definition) is 5. The minimum absolute atomic E-state index is 0.147. The van der Waals surface area contributed by atoms with E-state index in [4.69, 9.17) is 20.4 Å². The molecule has 0 aromatic rings. The lowest BCUT2D eigenvalue weighted by Crippen LogP contribution is -2.51. The predicted octanol–water partition coefficient (Wildman–Crippen LogP) is -2.33. The van der Waals surface area contributed by atoms with E-state index in [9.17, 15) is 0 Å². The second-order valence-corrected chi connectivity index (χ2v) is 3.09. The fourth-order valence-corrected chi connectivity index (χ4v) is 0.591. The summed E-state index contributed by atoms with van der Waals surface area (Å²) in [6.07, 6.45) is -0.859. The van der Waals surface area contributed by atoms with Gasteiger partial charge in [0.05, 0.1) is 31.5 Å². The summed E-state index contributed by atoms with van der Waals surface area (Å²) < 4.78 is 0. The standard InChI is InChI=1S/C7H17NO4/c1-7(4-10,5-11)8-2-6(12)3-9/h6,8-12H,2-5H2,1H3. The highest BCUT2D eigenvalue weighted by molar-refractivity contribution is 4.82. The maximum Gasteiger partial charge on any atom is 0.0895 e. The molecule has 0 aliphatic carbocycles. The topological polar surface area (TPSA) is 93.0 Å². The molecule has 0 saturated carbocycles.